The van der Waals surface area contributed by atoms with Gasteiger partial charge in [0.25, 0.3) is 0 Å². The van der Waals surface area contributed by atoms with Crippen LogP contribution in [0.1, 0.15) is 111 Å². The zero-order valence-corrected chi connectivity index (χ0v) is 18.9. The fourth-order valence-corrected chi connectivity index (χ4v) is 3.46. The molecule has 0 saturated heterocycles. The fourth-order valence-electron chi connectivity index (χ4n) is 3.46. The number of hydrogen-bond donors (Lipinski definition) is 3. The Morgan fingerprint density at radius 2 is 1.25 bits per heavy atom. The van der Waals surface area contributed by atoms with E-state index in [2.05, 4.69) is 6.92 Å². The van der Waals surface area contributed by atoms with Crippen molar-refractivity contribution in [2.75, 3.05) is 13.1 Å². The smallest absolute Gasteiger partial charge is 0.330 e. The Bertz CT molecular complexity index is 399. The van der Waals surface area contributed by atoms with Gasteiger partial charge in [-0.3, -0.25) is 0 Å². The summed E-state index contributed by atoms with van der Waals surface area (Å²) in [5.74, 6) is -0.151. The summed E-state index contributed by atoms with van der Waals surface area (Å²) in [6.45, 7) is 7.15. The Labute approximate surface area is 174 Å². The van der Waals surface area contributed by atoms with E-state index in [1.54, 1.807) is 0 Å². The molecule has 1 unspecified atom stereocenters. The van der Waals surface area contributed by atoms with E-state index in [9.17, 15) is 9.59 Å². The summed E-state index contributed by atoms with van der Waals surface area (Å²) in [4.78, 5) is 25.5. The molecular formula is C23H48N3O2+. The second-order valence-corrected chi connectivity index (χ2v) is 8.57. The molecular weight excluding hydrogens is 350 g/mol. The van der Waals surface area contributed by atoms with Crippen molar-refractivity contribution >= 4 is 11.8 Å². The van der Waals surface area contributed by atoms with Gasteiger partial charge in [-0.1, -0.05) is 85.0 Å². The minimum absolute atomic E-state index is 0.0466. The number of rotatable bonds is 18. The molecule has 2 atom stereocenters. The third-order valence-electron chi connectivity index (χ3n) is 5.54. The lowest BCUT2D eigenvalue weighted by Crippen LogP contribution is -3.18. The van der Waals surface area contributed by atoms with Gasteiger partial charge in [0.05, 0.1) is 13.0 Å². The third kappa shape index (κ3) is 13.4. The standard InChI is InChI=1S/C23H47N3O2/c1-4-5-6-7-8-9-10-11-12-13-14-15-19-26(21(27)17-16-18-24)23(28)22(25)20(2)3/h20,22H,4-19,24-25H2,1-3H3/p+1/t22-/m0/s1. The highest BCUT2D eigenvalue weighted by Gasteiger charge is 2.33. The SMILES string of the molecule is CCCCCCCCCCCCCC[NH+](C(=O)CCCN)C(=O)[C@@H](N)C(C)C. The number of nitrogens with one attached hydrogen (secondary N) is 1. The van der Waals surface area contributed by atoms with Crippen LogP contribution in [0, 0.1) is 5.92 Å². The molecule has 5 nitrogen and oxygen atoms in total. The number of carbonyl (C=O) groups excluding carboxylic acids is 2. The van der Waals surface area contributed by atoms with Crippen LogP contribution < -0.4 is 16.4 Å². The predicted octanol–water partition coefficient (Wildman–Crippen LogP) is 3.35. The van der Waals surface area contributed by atoms with Gasteiger partial charge in [-0.2, -0.15) is 0 Å². The number of quaternary nitrogens is 1. The largest absolute Gasteiger partial charge is 0.336 e. The van der Waals surface area contributed by atoms with Gasteiger partial charge >= 0.3 is 11.8 Å². The van der Waals surface area contributed by atoms with Crippen molar-refractivity contribution in [3.8, 4) is 0 Å². The van der Waals surface area contributed by atoms with E-state index in [1.165, 1.54) is 64.2 Å². The molecule has 0 saturated carbocycles. The van der Waals surface area contributed by atoms with Crippen LogP contribution in [-0.2, 0) is 9.59 Å². The maximum Gasteiger partial charge on any atom is 0.336 e. The average Bonchev–Trinajstić information content (AvgIpc) is 2.68. The molecule has 0 fully saturated rings. The molecule has 0 aliphatic rings. The van der Waals surface area contributed by atoms with E-state index in [-0.39, 0.29) is 17.7 Å². The molecule has 0 aromatic rings. The van der Waals surface area contributed by atoms with E-state index < -0.39 is 6.04 Å². The minimum Gasteiger partial charge on any atom is -0.330 e. The van der Waals surface area contributed by atoms with Gasteiger partial charge in [0.15, 0.2) is 0 Å². The molecule has 0 heterocycles. The van der Waals surface area contributed by atoms with Crippen molar-refractivity contribution in [1.29, 1.82) is 0 Å². The number of imide groups is 1. The van der Waals surface area contributed by atoms with Gasteiger partial charge in [0, 0.05) is 0 Å². The lowest BCUT2D eigenvalue weighted by Gasteiger charge is -2.20. The number of hydrogen-bond acceptors (Lipinski definition) is 4. The van der Waals surface area contributed by atoms with Crippen LogP contribution in [0.4, 0.5) is 0 Å². The van der Waals surface area contributed by atoms with Crippen molar-refractivity contribution in [2.24, 2.45) is 17.4 Å². The molecule has 0 radical (unpaired) electrons. The van der Waals surface area contributed by atoms with Crippen molar-refractivity contribution in [3.63, 3.8) is 0 Å². The minimum atomic E-state index is -0.575. The van der Waals surface area contributed by atoms with Gasteiger partial charge in [-0.15, -0.1) is 0 Å². The van der Waals surface area contributed by atoms with Gasteiger partial charge in [0.2, 0.25) is 0 Å². The summed E-state index contributed by atoms with van der Waals surface area (Å²) in [5.41, 5.74) is 11.5. The van der Waals surface area contributed by atoms with Crippen molar-refractivity contribution < 1.29 is 14.5 Å². The topological polar surface area (TPSA) is 90.6 Å². The molecule has 0 aliphatic carbocycles. The number of nitrogens with two attached hydrogens (primary N) is 2. The lowest BCUT2D eigenvalue weighted by molar-refractivity contribution is -0.740. The summed E-state index contributed by atoms with van der Waals surface area (Å²) in [6, 6.07) is -0.575. The zero-order chi connectivity index (χ0) is 21.2. The molecule has 5 heteroatoms. The van der Waals surface area contributed by atoms with E-state index in [0.29, 0.717) is 30.8 Å². The van der Waals surface area contributed by atoms with Crippen molar-refractivity contribution in [3.05, 3.63) is 0 Å². The highest BCUT2D eigenvalue weighted by molar-refractivity contribution is 5.84. The Kier molecular flexibility index (Phi) is 17.8. The first-order chi connectivity index (χ1) is 13.5. The van der Waals surface area contributed by atoms with Crippen LogP contribution >= 0.6 is 0 Å². The molecule has 28 heavy (non-hydrogen) atoms. The molecule has 0 aliphatic heterocycles. The van der Waals surface area contributed by atoms with E-state index in [1.807, 2.05) is 13.8 Å². The normalized spacial score (nSPS) is 13.6. The first kappa shape index (κ1) is 27.2. The van der Waals surface area contributed by atoms with Crippen LogP contribution in [0.5, 0.6) is 0 Å². The predicted molar refractivity (Wildman–Crippen MR) is 118 cm³/mol. The highest BCUT2D eigenvalue weighted by Crippen LogP contribution is 2.11. The molecule has 0 spiro atoms. The van der Waals surface area contributed by atoms with Crippen LogP contribution in [0.2, 0.25) is 0 Å². The lowest BCUT2D eigenvalue weighted by atomic mass is 10.0. The molecule has 5 N–H and O–H groups in total. The van der Waals surface area contributed by atoms with Gasteiger partial charge < -0.3 is 11.5 Å². The molecule has 0 bridgehead atoms. The Balaban J connectivity index is 4.01. The molecule has 0 aromatic carbocycles. The summed E-state index contributed by atoms with van der Waals surface area (Å²) < 4.78 is 0. The molecule has 166 valence electrons. The van der Waals surface area contributed by atoms with E-state index in [4.69, 9.17) is 11.5 Å². The van der Waals surface area contributed by atoms with Crippen LogP contribution in [0.15, 0.2) is 0 Å². The fraction of sp³-hybridized carbons (Fsp3) is 0.913. The number of amides is 2. The first-order valence-corrected chi connectivity index (χ1v) is 11.8. The highest BCUT2D eigenvalue weighted by atomic mass is 16.2. The van der Waals surface area contributed by atoms with Crippen LogP contribution in [0.25, 0.3) is 0 Å². The summed E-state index contributed by atoms with van der Waals surface area (Å²) in [6.07, 6.45) is 16.2. The summed E-state index contributed by atoms with van der Waals surface area (Å²) in [5, 5.41) is 0. The van der Waals surface area contributed by atoms with E-state index in [0.717, 1.165) is 12.8 Å². The average molecular weight is 399 g/mol. The molecule has 2 amide bonds. The molecule has 0 aromatic heterocycles. The van der Waals surface area contributed by atoms with Crippen LogP contribution in [0.3, 0.4) is 0 Å². The number of carbonyl (C=O) groups is 2. The summed E-state index contributed by atoms with van der Waals surface area (Å²) in [7, 11) is 0. The second-order valence-electron chi connectivity index (χ2n) is 8.57. The van der Waals surface area contributed by atoms with Gasteiger partial charge in [-0.25, -0.2) is 14.5 Å². The first-order valence-electron chi connectivity index (χ1n) is 11.8. The monoisotopic (exact) mass is 398 g/mol. The molecule has 0 rings (SSSR count). The van der Waals surface area contributed by atoms with Gasteiger partial charge in [-0.05, 0) is 31.7 Å². The Morgan fingerprint density at radius 1 is 0.786 bits per heavy atom. The number of unbranched alkanes of at least 4 members (excludes halogenated alkanes) is 11. The maximum atomic E-state index is 12.6. The summed E-state index contributed by atoms with van der Waals surface area (Å²) >= 11 is 0. The quantitative estimate of drug-likeness (QED) is 0.309. The maximum absolute atomic E-state index is 12.6. The van der Waals surface area contributed by atoms with Gasteiger partial charge in [0.1, 0.15) is 6.04 Å². The Hall–Kier alpha value is -0.780. The third-order valence-corrected chi connectivity index (χ3v) is 5.54. The van der Waals surface area contributed by atoms with E-state index >= 15 is 0 Å². The van der Waals surface area contributed by atoms with Crippen LogP contribution in [-0.4, -0.2) is 30.9 Å². The second kappa shape index (κ2) is 18.3. The zero-order valence-electron chi connectivity index (χ0n) is 18.9. The van der Waals surface area contributed by atoms with Crippen molar-refractivity contribution in [2.45, 2.75) is 117 Å². The Morgan fingerprint density at radius 3 is 1.68 bits per heavy atom. The van der Waals surface area contributed by atoms with Crippen molar-refractivity contribution in [1.82, 2.24) is 0 Å².